The van der Waals surface area contributed by atoms with E-state index in [1.54, 1.807) is 6.92 Å². The number of thioether (sulfide) groups is 2. The summed E-state index contributed by atoms with van der Waals surface area (Å²) in [4.78, 5) is 25.6. The summed E-state index contributed by atoms with van der Waals surface area (Å²) in [7, 11) is 0. The van der Waals surface area contributed by atoms with Gasteiger partial charge in [0.15, 0.2) is 0 Å². The molecule has 0 unspecified atom stereocenters. The number of carbonyl (C=O) groups is 2. The summed E-state index contributed by atoms with van der Waals surface area (Å²) >= 11 is 2.39. The van der Waals surface area contributed by atoms with Crippen molar-refractivity contribution in [3.63, 3.8) is 0 Å². The highest BCUT2D eigenvalue weighted by atomic mass is 32.2. The predicted molar refractivity (Wildman–Crippen MR) is 121 cm³/mol. The summed E-state index contributed by atoms with van der Waals surface area (Å²) in [6.45, 7) is 11.0. The van der Waals surface area contributed by atoms with E-state index in [2.05, 4.69) is 25.3 Å². The Morgan fingerprint density at radius 3 is 2.25 bits per heavy atom. The molecule has 3 aromatic rings. The number of benzene rings is 3. The van der Waals surface area contributed by atoms with Gasteiger partial charge in [-0.2, -0.15) is 0 Å². The Morgan fingerprint density at radius 1 is 0.929 bits per heavy atom. The molecule has 0 fully saturated rings. The zero-order valence-corrected chi connectivity index (χ0v) is 17.5. The molecule has 0 aromatic heterocycles. The van der Waals surface area contributed by atoms with Gasteiger partial charge in [0.2, 0.25) is 10.2 Å². The Hall–Kier alpha value is -2.56. The topological polar surface area (TPSA) is 34.1 Å². The van der Waals surface area contributed by atoms with Gasteiger partial charge in [0, 0.05) is 9.79 Å². The maximum atomic E-state index is 12.1. The van der Waals surface area contributed by atoms with Crippen LogP contribution in [0.3, 0.4) is 0 Å². The summed E-state index contributed by atoms with van der Waals surface area (Å²) in [5, 5.41) is 2.04. The van der Waals surface area contributed by atoms with Crippen molar-refractivity contribution in [2.24, 2.45) is 0 Å². The third-order valence-electron chi connectivity index (χ3n) is 4.30. The van der Waals surface area contributed by atoms with Crippen molar-refractivity contribution < 1.29 is 9.59 Å². The highest BCUT2D eigenvalue weighted by Crippen LogP contribution is 2.37. The van der Waals surface area contributed by atoms with Gasteiger partial charge in [-0.15, -0.1) is 0 Å². The van der Waals surface area contributed by atoms with E-state index in [0.717, 1.165) is 37.3 Å². The summed E-state index contributed by atoms with van der Waals surface area (Å²) in [5.41, 5.74) is 3.75. The molecule has 0 aliphatic carbocycles. The van der Waals surface area contributed by atoms with Gasteiger partial charge in [0.25, 0.3) is 0 Å². The fourth-order valence-corrected chi connectivity index (χ4v) is 4.33. The molecule has 0 amide bonds. The molecule has 2 nitrogen and oxygen atoms in total. The van der Waals surface area contributed by atoms with Crippen molar-refractivity contribution in [1.29, 1.82) is 0 Å². The smallest absolute Gasteiger partial charge is 0.219 e. The first-order valence-corrected chi connectivity index (χ1v) is 10.4. The third kappa shape index (κ3) is 4.29. The normalized spacial score (nSPS) is 10.6. The van der Waals surface area contributed by atoms with Crippen molar-refractivity contribution in [1.82, 2.24) is 0 Å². The number of fused-ring (bicyclic) bond motifs is 1. The lowest BCUT2D eigenvalue weighted by Crippen LogP contribution is -1.93. The molecule has 0 spiro atoms. The molecule has 0 saturated carbocycles. The van der Waals surface area contributed by atoms with Crippen molar-refractivity contribution in [2.45, 2.75) is 23.6 Å². The summed E-state index contributed by atoms with van der Waals surface area (Å²) in [6, 6.07) is 18.2. The van der Waals surface area contributed by atoms with E-state index in [9.17, 15) is 9.59 Å². The first-order chi connectivity index (χ1) is 13.4. The molecular formula is C24H20O2S2. The first kappa shape index (κ1) is 20.2. The monoisotopic (exact) mass is 404 g/mol. The largest absolute Gasteiger partial charge is 0.282 e. The van der Waals surface area contributed by atoms with Crippen LogP contribution >= 0.6 is 23.5 Å². The molecule has 0 heterocycles. The van der Waals surface area contributed by atoms with E-state index < -0.39 is 0 Å². The molecule has 28 heavy (non-hydrogen) atoms. The SMILES string of the molecule is C=CC(=O)Sc1ccc(-c2ccc(SC(=O)C(=C)C)c3ccccc23)cc1C. The Kier molecular flexibility index (Phi) is 6.22. The Morgan fingerprint density at radius 2 is 1.61 bits per heavy atom. The van der Waals surface area contributed by atoms with Crippen molar-refractivity contribution in [2.75, 3.05) is 0 Å². The van der Waals surface area contributed by atoms with Crippen molar-refractivity contribution in [3.8, 4) is 11.1 Å². The fourth-order valence-electron chi connectivity index (χ4n) is 2.88. The van der Waals surface area contributed by atoms with Gasteiger partial charge in [-0.25, -0.2) is 0 Å². The van der Waals surface area contributed by atoms with E-state index in [4.69, 9.17) is 0 Å². The Balaban J connectivity index is 2.06. The van der Waals surface area contributed by atoms with E-state index in [1.807, 2.05) is 49.4 Å². The molecule has 140 valence electrons. The molecule has 0 radical (unpaired) electrons. The lowest BCUT2D eigenvalue weighted by Gasteiger charge is -2.13. The average molecular weight is 405 g/mol. The van der Waals surface area contributed by atoms with Gasteiger partial charge < -0.3 is 0 Å². The van der Waals surface area contributed by atoms with Crippen molar-refractivity contribution in [3.05, 3.63) is 85.0 Å². The predicted octanol–water partition coefficient (Wildman–Crippen LogP) is 6.81. The molecule has 0 bridgehead atoms. The van der Waals surface area contributed by atoms with Crippen LogP contribution in [0.4, 0.5) is 0 Å². The second kappa shape index (κ2) is 8.63. The molecule has 0 aliphatic rings. The summed E-state index contributed by atoms with van der Waals surface area (Å²) in [6.07, 6.45) is 1.33. The Bertz CT molecular complexity index is 1110. The highest BCUT2D eigenvalue weighted by molar-refractivity contribution is 8.14. The maximum absolute atomic E-state index is 12.1. The molecule has 0 N–H and O–H groups in total. The lowest BCUT2D eigenvalue weighted by molar-refractivity contribution is -0.108. The van der Waals surface area contributed by atoms with E-state index in [1.165, 1.54) is 29.6 Å². The van der Waals surface area contributed by atoms with Crippen LogP contribution in [0.15, 0.2) is 89.2 Å². The number of hydrogen-bond donors (Lipinski definition) is 0. The molecule has 0 atom stereocenters. The Labute approximate surface area is 173 Å². The maximum Gasteiger partial charge on any atom is 0.219 e. The zero-order chi connectivity index (χ0) is 20.3. The number of rotatable bonds is 5. The van der Waals surface area contributed by atoms with E-state index >= 15 is 0 Å². The second-order valence-electron chi connectivity index (χ2n) is 6.43. The quantitative estimate of drug-likeness (QED) is 0.345. The summed E-state index contributed by atoms with van der Waals surface area (Å²) in [5.74, 6) is 0. The van der Waals surface area contributed by atoms with Gasteiger partial charge in [0.05, 0.1) is 0 Å². The van der Waals surface area contributed by atoms with Gasteiger partial charge in [0.1, 0.15) is 0 Å². The molecular weight excluding hydrogens is 384 g/mol. The number of hydrogen-bond acceptors (Lipinski definition) is 4. The molecule has 3 aromatic carbocycles. The van der Waals surface area contributed by atoms with Crippen LogP contribution in [0.2, 0.25) is 0 Å². The van der Waals surface area contributed by atoms with Crippen LogP contribution in [0.1, 0.15) is 12.5 Å². The van der Waals surface area contributed by atoms with Gasteiger partial charge in [-0.1, -0.05) is 55.6 Å². The van der Waals surface area contributed by atoms with Crippen molar-refractivity contribution >= 4 is 44.5 Å². The first-order valence-electron chi connectivity index (χ1n) is 8.75. The van der Waals surface area contributed by atoms with Crippen LogP contribution in [0.25, 0.3) is 21.9 Å². The number of carbonyl (C=O) groups excluding carboxylic acids is 2. The van der Waals surface area contributed by atoms with Crippen LogP contribution in [-0.4, -0.2) is 10.2 Å². The minimum Gasteiger partial charge on any atom is -0.282 e. The van der Waals surface area contributed by atoms with Gasteiger partial charge in [-0.3, -0.25) is 9.59 Å². The minimum atomic E-state index is -0.0649. The lowest BCUT2D eigenvalue weighted by atomic mass is 9.97. The third-order valence-corrected chi connectivity index (χ3v) is 6.45. The van der Waals surface area contributed by atoms with Gasteiger partial charge >= 0.3 is 0 Å². The van der Waals surface area contributed by atoms with Crippen LogP contribution in [0, 0.1) is 6.92 Å². The average Bonchev–Trinajstić information content (AvgIpc) is 2.69. The molecule has 0 saturated heterocycles. The van der Waals surface area contributed by atoms with Crippen LogP contribution in [0.5, 0.6) is 0 Å². The molecule has 4 heteroatoms. The molecule has 3 rings (SSSR count). The molecule has 0 aliphatic heterocycles. The van der Waals surface area contributed by atoms with Gasteiger partial charge in [-0.05, 0) is 88.6 Å². The number of aryl methyl sites for hydroxylation is 1. The standard InChI is InChI=1S/C24H20O2S2/c1-5-23(25)27-21-12-10-17(14-16(21)4)18-11-13-22(28-24(26)15(2)3)20-9-7-6-8-19(18)20/h5-14H,1-2H2,3-4H3. The van der Waals surface area contributed by atoms with E-state index in [0.29, 0.717) is 5.57 Å². The summed E-state index contributed by atoms with van der Waals surface area (Å²) < 4.78 is 0. The fraction of sp³-hybridized carbons (Fsp3) is 0.0833. The minimum absolute atomic E-state index is 0.0259. The second-order valence-corrected chi connectivity index (χ2v) is 8.49. The highest BCUT2D eigenvalue weighted by Gasteiger charge is 2.13. The van der Waals surface area contributed by atoms with E-state index in [-0.39, 0.29) is 10.2 Å². The van der Waals surface area contributed by atoms with Crippen LogP contribution < -0.4 is 0 Å². The zero-order valence-electron chi connectivity index (χ0n) is 15.8. The van der Waals surface area contributed by atoms with Crippen LogP contribution in [-0.2, 0) is 9.59 Å².